The van der Waals surface area contributed by atoms with E-state index < -0.39 is 29.4 Å². The zero-order valence-corrected chi connectivity index (χ0v) is 17.9. The number of anilines is 1. The Labute approximate surface area is 189 Å². The van der Waals surface area contributed by atoms with Crippen molar-refractivity contribution < 1.29 is 27.2 Å². The third-order valence-corrected chi connectivity index (χ3v) is 5.88. The average Bonchev–Trinajstić information content (AvgIpc) is 2.95. The van der Waals surface area contributed by atoms with Crippen LogP contribution in [0.15, 0.2) is 47.4 Å². The van der Waals surface area contributed by atoms with Crippen molar-refractivity contribution in [2.45, 2.75) is 12.6 Å². The molecule has 0 radical (unpaired) electrons. The monoisotopic (exact) mass is 488 g/mol. The summed E-state index contributed by atoms with van der Waals surface area (Å²) < 4.78 is 51.8. The predicted molar refractivity (Wildman–Crippen MR) is 116 cm³/mol. The maximum Gasteiger partial charge on any atom is 0.416 e. The molecule has 2 amide bonds. The lowest BCUT2D eigenvalue weighted by Gasteiger charge is -2.15. The molecule has 3 rings (SSSR count). The number of rotatable bonds is 5. The number of carbonyl (C=O) groups is 2. The molecule has 0 saturated carbocycles. The Balaban J connectivity index is 1.63. The molecule has 1 fully saturated rings. The van der Waals surface area contributed by atoms with Gasteiger partial charge in [0.05, 0.1) is 21.2 Å². The topological polar surface area (TPSA) is 49.4 Å². The van der Waals surface area contributed by atoms with Crippen molar-refractivity contribution in [1.82, 2.24) is 4.90 Å². The number of thiocarbonyl (C=S) groups is 1. The highest BCUT2D eigenvalue weighted by molar-refractivity contribution is 8.26. The second-order valence-electron chi connectivity index (χ2n) is 6.38. The fourth-order valence-corrected chi connectivity index (χ4v) is 4.10. The van der Waals surface area contributed by atoms with E-state index in [1.54, 1.807) is 6.08 Å². The van der Waals surface area contributed by atoms with E-state index >= 15 is 0 Å². The average molecular weight is 489 g/mol. The molecular weight excluding hydrogens is 476 g/mol. The van der Waals surface area contributed by atoms with Gasteiger partial charge in [0.1, 0.15) is 10.1 Å². The number of nitrogens with zero attached hydrogens (tertiary/aromatic N) is 1. The molecule has 162 valence electrons. The Hall–Kier alpha value is -2.43. The quantitative estimate of drug-likeness (QED) is 0.332. The van der Waals surface area contributed by atoms with Gasteiger partial charge in [0.2, 0.25) is 5.91 Å². The van der Waals surface area contributed by atoms with E-state index in [4.69, 9.17) is 23.8 Å². The van der Waals surface area contributed by atoms with Gasteiger partial charge in [-0.05, 0) is 42.0 Å². The van der Waals surface area contributed by atoms with Gasteiger partial charge in [0.15, 0.2) is 0 Å². The van der Waals surface area contributed by atoms with Gasteiger partial charge in [-0.3, -0.25) is 14.5 Å². The summed E-state index contributed by atoms with van der Waals surface area (Å²) in [4.78, 5) is 26.3. The third-order valence-electron chi connectivity index (χ3n) is 4.17. The van der Waals surface area contributed by atoms with Gasteiger partial charge in [0.25, 0.3) is 5.91 Å². The molecule has 1 heterocycles. The predicted octanol–water partition coefficient (Wildman–Crippen LogP) is 5.73. The van der Waals surface area contributed by atoms with Crippen LogP contribution in [0.5, 0.6) is 0 Å². The first-order chi connectivity index (χ1) is 14.5. The molecule has 11 heteroatoms. The number of carbonyl (C=O) groups excluding carboxylic acids is 2. The maximum atomic E-state index is 13.0. The Morgan fingerprint density at radius 2 is 1.87 bits per heavy atom. The second-order valence-corrected chi connectivity index (χ2v) is 8.46. The van der Waals surface area contributed by atoms with Crippen molar-refractivity contribution in [3.05, 3.63) is 69.3 Å². The normalized spacial score (nSPS) is 15.6. The van der Waals surface area contributed by atoms with E-state index in [9.17, 15) is 27.2 Å². The minimum absolute atomic E-state index is 0.0470. The number of hydrogen-bond donors (Lipinski definition) is 1. The minimum atomic E-state index is -4.58. The lowest BCUT2D eigenvalue weighted by Crippen LogP contribution is -2.31. The molecular formula is C20H13ClF4N2O2S2. The van der Waals surface area contributed by atoms with Gasteiger partial charge in [0, 0.05) is 13.0 Å². The zero-order valence-electron chi connectivity index (χ0n) is 15.5. The third kappa shape index (κ3) is 5.84. The second kappa shape index (κ2) is 9.37. The van der Waals surface area contributed by atoms with E-state index in [0.717, 1.165) is 30.0 Å². The van der Waals surface area contributed by atoms with Crippen molar-refractivity contribution in [2.24, 2.45) is 0 Å². The summed E-state index contributed by atoms with van der Waals surface area (Å²) in [5.41, 5.74) is -0.517. The largest absolute Gasteiger partial charge is 0.416 e. The lowest BCUT2D eigenvalue weighted by atomic mass is 10.2. The van der Waals surface area contributed by atoms with Crippen LogP contribution in [-0.2, 0) is 15.8 Å². The molecule has 1 saturated heterocycles. The van der Waals surface area contributed by atoms with Crippen LogP contribution in [0.1, 0.15) is 17.5 Å². The van der Waals surface area contributed by atoms with Crippen LogP contribution in [0.4, 0.5) is 23.2 Å². The molecule has 0 unspecified atom stereocenters. The van der Waals surface area contributed by atoms with E-state index in [-0.39, 0.29) is 28.0 Å². The maximum absolute atomic E-state index is 13.0. The van der Waals surface area contributed by atoms with Crippen LogP contribution >= 0.6 is 35.6 Å². The molecule has 0 bridgehead atoms. The molecule has 2 aromatic carbocycles. The summed E-state index contributed by atoms with van der Waals surface area (Å²) in [6.45, 7) is -0.0617. The van der Waals surface area contributed by atoms with Gasteiger partial charge in [-0.15, -0.1) is 0 Å². The van der Waals surface area contributed by atoms with E-state index in [0.29, 0.717) is 10.5 Å². The summed E-state index contributed by atoms with van der Waals surface area (Å²) >= 11 is 12.1. The highest BCUT2D eigenvalue weighted by Crippen LogP contribution is 2.34. The van der Waals surface area contributed by atoms with E-state index in [2.05, 4.69) is 5.32 Å². The van der Waals surface area contributed by atoms with Crippen LogP contribution < -0.4 is 5.32 Å². The van der Waals surface area contributed by atoms with Crippen LogP contribution in [0.2, 0.25) is 5.02 Å². The standard InChI is InChI=1S/C20H13ClF4N2O2S2/c21-14-6-3-12(20(23,24)25)10-15(14)26-17(28)7-8-27-18(29)16(31-19(27)30)9-11-1-4-13(22)5-2-11/h1-6,9-10H,7-8H2,(H,26,28)/b16-9-. The fraction of sp³-hybridized carbons (Fsp3) is 0.150. The smallest absolute Gasteiger partial charge is 0.325 e. The minimum Gasteiger partial charge on any atom is -0.325 e. The Bertz CT molecular complexity index is 1070. The van der Waals surface area contributed by atoms with Crippen LogP contribution in [0.25, 0.3) is 6.08 Å². The number of alkyl halides is 3. The Kier molecular flexibility index (Phi) is 7.03. The van der Waals surface area contributed by atoms with E-state index in [1.807, 2.05) is 0 Å². The van der Waals surface area contributed by atoms with Crippen LogP contribution in [0, 0.1) is 5.82 Å². The fourth-order valence-electron chi connectivity index (χ4n) is 2.63. The molecule has 31 heavy (non-hydrogen) atoms. The first-order valence-corrected chi connectivity index (χ1v) is 10.3. The Morgan fingerprint density at radius 3 is 2.52 bits per heavy atom. The number of thioether (sulfide) groups is 1. The number of halogens is 5. The summed E-state index contributed by atoms with van der Waals surface area (Å²) in [6.07, 6.45) is -3.23. The molecule has 0 aliphatic carbocycles. The molecule has 1 N–H and O–H groups in total. The summed E-state index contributed by atoms with van der Waals surface area (Å²) in [7, 11) is 0. The number of hydrogen-bond acceptors (Lipinski definition) is 4. The van der Waals surface area contributed by atoms with Crippen molar-refractivity contribution in [3.8, 4) is 0 Å². The molecule has 0 atom stereocenters. The van der Waals surface area contributed by atoms with Crippen molar-refractivity contribution in [3.63, 3.8) is 0 Å². The first kappa shape index (κ1) is 23.2. The zero-order chi connectivity index (χ0) is 22.8. The number of benzene rings is 2. The Morgan fingerprint density at radius 1 is 1.19 bits per heavy atom. The highest BCUT2D eigenvalue weighted by Gasteiger charge is 2.33. The number of nitrogens with one attached hydrogen (secondary N) is 1. The highest BCUT2D eigenvalue weighted by atomic mass is 35.5. The summed E-state index contributed by atoms with van der Waals surface area (Å²) in [6, 6.07) is 8.13. The molecule has 1 aliphatic heterocycles. The molecule has 1 aliphatic rings. The SMILES string of the molecule is O=C(CCN1C(=O)/C(=C/c2ccc(F)cc2)SC1=S)Nc1cc(C(F)(F)F)ccc1Cl. The number of amides is 2. The van der Waals surface area contributed by atoms with Gasteiger partial charge in [-0.1, -0.05) is 47.7 Å². The van der Waals surface area contributed by atoms with Crippen molar-refractivity contribution in [1.29, 1.82) is 0 Å². The van der Waals surface area contributed by atoms with Crippen molar-refractivity contribution >= 4 is 63.5 Å². The molecule has 2 aromatic rings. The lowest BCUT2D eigenvalue weighted by molar-refractivity contribution is -0.137. The summed E-state index contributed by atoms with van der Waals surface area (Å²) in [5.74, 6) is -1.45. The van der Waals surface area contributed by atoms with Gasteiger partial charge in [-0.2, -0.15) is 13.2 Å². The molecule has 4 nitrogen and oxygen atoms in total. The van der Waals surface area contributed by atoms with Crippen LogP contribution in [-0.4, -0.2) is 27.6 Å². The van der Waals surface area contributed by atoms with Crippen molar-refractivity contribution in [2.75, 3.05) is 11.9 Å². The van der Waals surface area contributed by atoms with Gasteiger partial charge in [-0.25, -0.2) is 4.39 Å². The molecule has 0 spiro atoms. The van der Waals surface area contributed by atoms with Gasteiger partial charge < -0.3 is 5.32 Å². The summed E-state index contributed by atoms with van der Waals surface area (Å²) in [5, 5.41) is 2.28. The van der Waals surface area contributed by atoms with E-state index in [1.165, 1.54) is 29.2 Å². The van der Waals surface area contributed by atoms with Crippen LogP contribution in [0.3, 0.4) is 0 Å². The molecule has 0 aromatic heterocycles. The van der Waals surface area contributed by atoms with Gasteiger partial charge >= 0.3 is 6.18 Å². The first-order valence-electron chi connectivity index (χ1n) is 8.72.